The van der Waals surface area contributed by atoms with Gasteiger partial charge < -0.3 is 15.9 Å². The van der Waals surface area contributed by atoms with Crippen molar-refractivity contribution < 1.29 is 19.0 Å². The Hall–Kier alpha value is -1.89. The molecule has 0 aliphatic heterocycles. The van der Waals surface area contributed by atoms with Crippen LogP contribution in [0.15, 0.2) is 17.2 Å². The van der Waals surface area contributed by atoms with E-state index in [1.165, 1.54) is 0 Å². The fraction of sp³-hybridized carbons (Fsp3) is 0.400. The smallest absolute Gasteiger partial charge is 0.182 e. The van der Waals surface area contributed by atoms with E-state index in [2.05, 4.69) is 10.0 Å². The van der Waals surface area contributed by atoms with Gasteiger partial charge in [-0.25, -0.2) is 8.78 Å². The lowest BCUT2D eigenvalue weighted by Crippen LogP contribution is -2.20. The second-order valence-corrected chi connectivity index (χ2v) is 3.63. The van der Waals surface area contributed by atoms with Gasteiger partial charge >= 0.3 is 0 Å². The van der Waals surface area contributed by atoms with E-state index in [-0.39, 0.29) is 18.7 Å². The number of nitrogen functional groups attached to an aromatic ring is 1. The molecule has 0 amide bonds. The average molecular weight is 258 g/mol. The Bertz CT molecular complexity index is 477. The largest absolute Gasteiger partial charge is 0.396 e. The maximum atomic E-state index is 13.5. The van der Waals surface area contributed by atoms with Crippen LogP contribution in [0.25, 0.3) is 10.4 Å². The van der Waals surface area contributed by atoms with Crippen molar-refractivity contribution in [2.24, 2.45) is 5.11 Å². The predicted molar refractivity (Wildman–Crippen MR) is 60.4 cm³/mol. The molecule has 0 saturated heterocycles. The van der Waals surface area contributed by atoms with Crippen LogP contribution in [0.3, 0.4) is 0 Å². The van der Waals surface area contributed by atoms with Crippen molar-refractivity contribution in [1.29, 1.82) is 0 Å². The number of benzene rings is 1. The minimum Gasteiger partial charge on any atom is -0.396 e. The molecule has 0 spiro atoms. The second-order valence-electron chi connectivity index (χ2n) is 3.63. The zero-order chi connectivity index (χ0) is 13.7. The van der Waals surface area contributed by atoms with Gasteiger partial charge in [-0.3, -0.25) is 0 Å². The van der Waals surface area contributed by atoms with E-state index in [1.54, 1.807) is 0 Å². The number of anilines is 1. The van der Waals surface area contributed by atoms with Gasteiger partial charge in [0.05, 0.1) is 11.8 Å². The molecule has 18 heavy (non-hydrogen) atoms. The molecule has 1 aromatic carbocycles. The SMILES string of the molecule is [N-]=[N+]=NCCC(O)C(O)c1ccc(N)c(F)c1F. The summed E-state index contributed by atoms with van der Waals surface area (Å²) < 4.78 is 26.6. The van der Waals surface area contributed by atoms with Crippen LogP contribution in [-0.4, -0.2) is 22.9 Å². The van der Waals surface area contributed by atoms with Crippen molar-refractivity contribution in [3.8, 4) is 0 Å². The van der Waals surface area contributed by atoms with E-state index < -0.39 is 29.4 Å². The zero-order valence-electron chi connectivity index (χ0n) is 9.29. The van der Waals surface area contributed by atoms with Gasteiger partial charge in [0.1, 0.15) is 6.10 Å². The third-order valence-corrected chi connectivity index (χ3v) is 2.41. The van der Waals surface area contributed by atoms with Crippen LogP contribution in [0.5, 0.6) is 0 Å². The number of azide groups is 1. The topological polar surface area (TPSA) is 115 Å². The van der Waals surface area contributed by atoms with Crippen molar-refractivity contribution in [1.82, 2.24) is 0 Å². The zero-order valence-corrected chi connectivity index (χ0v) is 9.29. The third kappa shape index (κ3) is 3.07. The maximum absolute atomic E-state index is 13.5. The molecule has 1 rings (SSSR count). The average Bonchev–Trinajstić information content (AvgIpc) is 2.35. The molecular formula is C10H12F2N4O2. The number of hydrogen-bond donors (Lipinski definition) is 3. The Balaban J connectivity index is 2.86. The number of rotatable bonds is 5. The highest BCUT2D eigenvalue weighted by atomic mass is 19.2. The Morgan fingerprint density at radius 3 is 2.61 bits per heavy atom. The summed E-state index contributed by atoms with van der Waals surface area (Å²) in [5.41, 5.74) is 12.4. The molecule has 0 saturated carbocycles. The van der Waals surface area contributed by atoms with Crippen LogP contribution < -0.4 is 5.73 Å². The number of hydrogen-bond acceptors (Lipinski definition) is 4. The number of nitrogens with two attached hydrogens (primary N) is 1. The summed E-state index contributed by atoms with van der Waals surface area (Å²) in [6, 6.07) is 2.19. The number of aliphatic hydroxyl groups excluding tert-OH is 2. The van der Waals surface area contributed by atoms with E-state index in [1.807, 2.05) is 0 Å². The highest BCUT2D eigenvalue weighted by Gasteiger charge is 2.23. The molecular weight excluding hydrogens is 246 g/mol. The van der Waals surface area contributed by atoms with Gasteiger partial charge in [0.2, 0.25) is 0 Å². The Kier molecular flexibility index (Phi) is 4.85. The first-order valence-electron chi connectivity index (χ1n) is 5.09. The van der Waals surface area contributed by atoms with Gasteiger partial charge in [0, 0.05) is 17.0 Å². The first-order valence-corrected chi connectivity index (χ1v) is 5.09. The summed E-state index contributed by atoms with van der Waals surface area (Å²) in [5, 5.41) is 22.3. The minimum atomic E-state index is -1.62. The standard InChI is InChI=1S/C10H12F2N4O2/c11-8-5(1-2-6(13)9(8)12)10(18)7(17)3-4-15-16-14/h1-2,7,10,17-18H,3-4,13H2. The Morgan fingerprint density at radius 1 is 1.33 bits per heavy atom. The van der Waals surface area contributed by atoms with Crippen molar-refractivity contribution >= 4 is 5.69 Å². The van der Waals surface area contributed by atoms with Gasteiger partial charge in [0.15, 0.2) is 11.6 Å². The summed E-state index contributed by atoms with van der Waals surface area (Å²) in [7, 11) is 0. The van der Waals surface area contributed by atoms with Crippen LogP contribution in [0, 0.1) is 11.6 Å². The van der Waals surface area contributed by atoms with Crippen LogP contribution in [0.4, 0.5) is 14.5 Å². The Labute approximate surface area is 101 Å². The predicted octanol–water partition coefficient (Wildman–Crippen LogP) is 1.64. The first-order chi connectivity index (χ1) is 8.49. The van der Waals surface area contributed by atoms with E-state index >= 15 is 0 Å². The van der Waals surface area contributed by atoms with E-state index in [0.29, 0.717) is 0 Å². The molecule has 6 nitrogen and oxygen atoms in total. The van der Waals surface area contributed by atoms with Crippen LogP contribution in [0.2, 0.25) is 0 Å². The van der Waals surface area contributed by atoms with Gasteiger partial charge in [-0.1, -0.05) is 11.2 Å². The molecule has 0 bridgehead atoms. The molecule has 0 aliphatic rings. The first kappa shape index (κ1) is 14.2. The molecule has 1 aromatic rings. The monoisotopic (exact) mass is 258 g/mol. The molecule has 0 fully saturated rings. The second kappa shape index (κ2) is 6.15. The lowest BCUT2D eigenvalue weighted by Gasteiger charge is -2.18. The number of aliphatic hydroxyl groups is 2. The Morgan fingerprint density at radius 2 is 2.00 bits per heavy atom. The molecule has 8 heteroatoms. The van der Waals surface area contributed by atoms with Crippen molar-refractivity contribution in [2.75, 3.05) is 12.3 Å². The van der Waals surface area contributed by atoms with Crippen molar-refractivity contribution in [2.45, 2.75) is 18.6 Å². The van der Waals surface area contributed by atoms with Gasteiger partial charge in [-0.2, -0.15) is 0 Å². The van der Waals surface area contributed by atoms with Crippen LogP contribution >= 0.6 is 0 Å². The number of nitrogens with zero attached hydrogens (tertiary/aromatic N) is 3. The van der Waals surface area contributed by atoms with Gasteiger partial charge in [-0.15, -0.1) is 0 Å². The molecule has 0 aromatic heterocycles. The molecule has 4 N–H and O–H groups in total. The highest BCUT2D eigenvalue weighted by Crippen LogP contribution is 2.26. The summed E-state index contributed by atoms with van der Waals surface area (Å²) in [6.07, 6.45) is -3.06. The maximum Gasteiger partial charge on any atom is 0.182 e. The van der Waals surface area contributed by atoms with Gasteiger partial charge in [-0.05, 0) is 18.0 Å². The summed E-state index contributed by atoms with van der Waals surface area (Å²) in [6.45, 7) is -0.0617. The summed E-state index contributed by atoms with van der Waals surface area (Å²) in [5.74, 6) is -2.57. The molecule has 2 atom stereocenters. The van der Waals surface area contributed by atoms with Crippen LogP contribution in [-0.2, 0) is 0 Å². The number of halogens is 2. The molecule has 98 valence electrons. The normalized spacial score (nSPS) is 13.8. The van der Waals surface area contributed by atoms with Crippen LogP contribution in [0.1, 0.15) is 18.1 Å². The quantitative estimate of drug-likeness (QED) is 0.322. The summed E-state index contributed by atoms with van der Waals surface area (Å²) in [4.78, 5) is 2.46. The van der Waals surface area contributed by atoms with Gasteiger partial charge in [0.25, 0.3) is 0 Å². The fourth-order valence-corrected chi connectivity index (χ4v) is 1.41. The van der Waals surface area contributed by atoms with E-state index in [0.717, 1.165) is 12.1 Å². The lowest BCUT2D eigenvalue weighted by atomic mass is 10.0. The summed E-state index contributed by atoms with van der Waals surface area (Å²) >= 11 is 0. The van der Waals surface area contributed by atoms with Crippen molar-refractivity contribution in [3.05, 3.63) is 39.8 Å². The molecule has 0 radical (unpaired) electrons. The fourth-order valence-electron chi connectivity index (χ4n) is 1.41. The minimum absolute atomic E-state index is 0.0617. The lowest BCUT2D eigenvalue weighted by molar-refractivity contribution is 0.0126. The van der Waals surface area contributed by atoms with E-state index in [9.17, 15) is 19.0 Å². The third-order valence-electron chi connectivity index (χ3n) is 2.41. The molecule has 0 heterocycles. The molecule has 2 unspecified atom stereocenters. The van der Waals surface area contributed by atoms with Crippen molar-refractivity contribution in [3.63, 3.8) is 0 Å². The highest BCUT2D eigenvalue weighted by molar-refractivity contribution is 5.43. The van der Waals surface area contributed by atoms with E-state index in [4.69, 9.17) is 11.3 Å². The molecule has 0 aliphatic carbocycles.